The van der Waals surface area contributed by atoms with Gasteiger partial charge in [0.1, 0.15) is 18.1 Å². The number of nitrogens with zero attached hydrogens (tertiary/aromatic N) is 2. The van der Waals surface area contributed by atoms with Gasteiger partial charge >= 0.3 is 5.97 Å². The molecule has 6 nitrogen and oxygen atoms in total. The lowest BCUT2D eigenvalue weighted by Crippen LogP contribution is -2.43. The fourth-order valence-corrected chi connectivity index (χ4v) is 4.82. The van der Waals surface area contributed by atoms with E-state index in [1.807, 2.05) is 41.8 Å². The van der Waals surface area contributed by atoms with Crippen LogP contribution in [0.1, 0.15) is 40.5 Å². The normalized spacial score (nSPS) is 17.7. The Balaban J connectivity index is 1.34. The first-order valence-electron chi connectivity index (χ1n) is 11.0. The third-order valence-corrected chi connectivity index (χ3v) is 6.56. The van der Waals surface area contributed by atoms with Gasteiger partial charge in [-0.15, -0.1) is 0 Å². The van der Waals surface area contributed by atoms with Crippen molar-refractivity contribution in [2.45, 2.75) is 38.3 Å². The summed E-state index contributed by atoms with van der Waals surface area (Å²) in [6.45, 7) is 2.02. The Bertz CT molecular complexity index is 1390. The quantitative estimate of drug-likeness (QED) is 0.460. The predicted octanol–water partition coefficient (Wildman–Crippen LogP) is 4.49. The van der Waals surface area contributed by atoms with Crippen molar-refractivity contribution in [3.8, 4) is 0 Å². The molecule has 5 rings (SSSR count). The zero-order chi connectivity index (χ0) is 23.1. The van der Waals surface area contributed by atoms with Crippen molar-refractivity contribution in [1.82, 2.24) is 14.9 Å². The van der Waals surface area contributed by atoms with Gasteiger partial charge in [0.15, 0.2) is 0 Å². The van der Waals surface area contributed by atoms with Crippen LogP contribution in [-0.2, 0) is 16.1 Å². The SMILES string of the molecule is COC(=O)Cn1c(C)c(C2CC(NC(=O)c3ccc4ccccc4n3)C2)c2cc(F)ccc21. The summed E-state index contributed by atoms with van der Waals surface area (Å²) in [4.78, 5) is 29.1. The number of pyridine rings is 1. The molecule has 0 bridgehead atoms. The van der Waals surface area contributed by atoms with Gasteiger partial charge in [-0.25, -0.2) is 9.37 Å². The van der Waals surface area contributed by atoms with Gasteiger partial charge in [-0.1, -0.05) is 24.3 Å². The minimum atomic E-state index is -0.354. The molecule has 2 heterocycles. The molecule has 0 radical (unpaired) electrons. The molecular formula is C26H24FN3O3. The Hall–Kier alpha value is -3.74. The fourth-order valence-electron chi connectivity index (χ4n) is 4.82. The molecule has 7 heteroatoms. The number of carbonyl (C=O) groups excluding carboxylic acids is 2. The Morgan fingerprint density at radius 1 is 1.15 bits per heavy atom. The Morgan fingerprint density at radius 2 is 1.94 bits per heavy atom. The molecule has 0 unspecified atom stereocenters. The molecule has 1 amide bonds. The van der Waals surface area contributed by atoms with E-state index in [2.05, 4.69) is 10.3 Å². The van der Waals surface area contributed by atoms with Crippen LogP contribution in [0.5, 0.6) is 0 Å². The standard InChI is InChI=1S/C26H24FN3O3/c1-15-25(20-13-18(27)8-10-23(20)30(15)14-24(31)33-2)17-11-19(12-17)28-26(32)22-9-7-16-5-3-4-6-21(16)29-22/h3-10,13,17,19H,11-12,14H2,1-2H3,(H,28,32). The van der Waals surface area contributed by atoms with Crippen LogP contribution in [0.2, 0.25) is 0 Å². The molecule has 1 saturated carbocycles. The molecule has 1 fully saturated rings. The molecule has 168 valence electrons. The summed E-state index contributed by atoms with van der Waals surface area (Å²) in [5.41, 5.74) is 3.94. The highest BCUT2D eigenvalue weighted by molar-refractivity contribution is 5.95. The molecule has 0 spiro atoms. The van der Waals surface area contributed by atoms with Crippen molar-refractivity contribution in [2.75, 3.05) is 7.11 Å². The number of fused-ring (bicyclic) bond motifs is 2. The van der Waals surface area contributed by atoms with Crippen LogP contribution in [0.4, 0.5) is 4.39 Å². The number of aromatic nitrogens is 2. The number of hydrogen-bond acceptors (Lipinski definition) is 4. The lowest BCUT2D eigenvalue weighted by molar-refractivity contribution is -0.141. The van der Waals surface area contributed by atoms with E-state index in [4.69, 9.17) is 4.74 Å². The second-order valence-electron chi connectivity index (χ2n) is 8.55. The van der Waals surface area contributed by atoms with Gasteiger partial charge in [-0.3, -0.25) is 9.59 Å². The number of para-hydroxylation sites is 1. The first-order chi connectivity index (χ1) is 15.9. The Labute approximate surface area is 190 Å². The fraction of sp³-hybridized carbons (Fsp3) is 0.269. The van der Waals surface area contributed by atoms with Crippen LogP contribution in [0.25, 0.3) is 21.8 Å². The maximum absolute atomic E-state index is 14.1. The van der Waals surface area contributed by atoms with Gasteiger partial charge < -0.3 is 14.6 Å². The molecule has 0 aliphatic heterocycles. The lowest BCUT2D eigenvalue weighted by Gasteiger charge is -2.36. The summed E-state index contributed by atoms with van der Waals surface area (Å²) in [5, 5.41) is 4.87. The van der Waals surface area contributed by atoms with Crippen molar-refractivity contribution < 1.29 is 18.7 Å². The molecule has 33 heavy (non-hydrogen) atoms. The number of benzene rings is 2. The number of nitrogens with one attached hydrogen (secondary N) is 1. The van der Waals surface area contributed by atoms with Crippen LogP contribution in [-0.4, -0.2) is 34.6 Å². The van der Waals surface area contributed by atoms with Gasteiger partial charge in [0.2, 0.25) is 0 Å². The number of ether oxygens (including phenoxy) is 1. The summed E-state index contributed by atoms with van der Waals surface area (Å²) >= 11 is 0. The van der Waals surface area contributed by atoms with Crippen LogP contribution in [0.3, 0.4) is 0 Å². The average molecular weight is 445 g/mol. The van der Waals surface area contributed by atoms with Crippen LogP contribution < -0.4 is 5.32 Å². The second kappa shape index (κ2) is 8.31. The monoisotopic (exact) mass is 445 g/mol. The maximum Gasteiger partial charge on any atom is 0.325 e. The number of methoxy groups -OCH3 is 1. The minimum Gasteiger partial charge on any atom is -0.468 e. The third kappa shape index (κ3) is 3.84. The van der Waals surface area contributed by atoms with Crippen LogP contribution in [0.15, 0.2) is 54.6 Å². The number of halogens is 1. The predicted molar refractivity (Wildman–Crippen MR) is 124 cm³/mol. The van der Waals surface area contributed by atoms with E-state index in [9.17, 15) is 14.0 Å². The average Bonchev–Trinajstić information content (AvgIpc) is 3.05. The first-order valence-corrected chi connectivity index (χ1v) is 11.0. The molecule has 0 atom stereocenters. The van der Waals surface area contributed by atoms with E-state index in [-0.39, 0.29) is 36.2 Å². The van der Waals surface area contributed by atoms with E-state index < -0.39 is 0 Å². The lowest BCUT2D eigenvalue weighted by atomic mass is 9.75. The van der Waals surface area contributed by atoms with Gasteiger partial charge in [0.05, 0.1) is 12.6 Å². The van der Waals surface area contributed by atoms with Gasteiger partial charge in [-0.2, -0.15) is 0 Å². The summed E-state index contributed by atoms with van der Waals surface area (Å²) in [6.07, 6.45) is 1.49. The smallest absolute Gasteiger partial charge is 0.325 e. The number of amides is 1. The molecule has 4 aromatic rings. The maximum atomic E-state index is 14.1. The highest BCUT2D eigenvalue weighted by atomic mass is 19.1. The molecule has 1 N–H and O–H groups in total. The number of esters is 1. The summed E-state index contributed by atoms with van der Waals surface area (Å²) in [7, 11) is 1.35. The minimum absolute atomic E-state index is 0.0164. The summed E-state index contributed by atoms with van der Waals surface area (Å²) in [5.74, 6) is -0.693. The number of carbonyl (C=O) groups is 2. The van der Waals surface area contributed by atoms with Gasteiger partial charge in [0, 0.05) is 28.0 Å². The first kappa shape index (κ1) is 21.1. The summed E-state index contributed by atoms with van der Waals surface area (Å²) < 4.78 is 20.8. The van der Waals surface area contributed by atoms with Crippen molar-refractivity contribution >= 4 is 33.7 Å². The summed E-state index contributed by atoms with van der Waals surface area (Å²) in [6, 6.07) is 16.0. The van der Waals surface area contributed by atoms with Crippen molar-refractivity contribution in [3.05, 3.63) is 77.4 Å². The highest BCUT2D eigenvalue weighted by Crippen LogP contribution is 2.43. The van der Waals surface area contributed by atoms with Crippen molar-refractivity contribution in [2.24, 2.45) is 0 Å². The van der Waals surface area contributed by atoms with Crippen LogP contribution in [0, 0.1) is 12.7 Å². The highest BCUT2D eigenvalue weighted by Gasteiger charge is 2.35. The second-order valence-corrected chi connectivity index (χ2v) is 8.55. The van der Waals surface area contributed by atoms with Gasteiger partial charge in [0.25, 0.3) is 5.91 Å². The largest absolute Gasteiger partial charge is 0.468 e. The van der Waals surface area contributed by atoms with E-state index in [0.29, 0.717) is 5.69 Å². The van der Waals surface area contributed by atoms with Crippen molar-refractivity contribution in [1.29, 1.82) is 0 Å². The molecule has 0 saturated heterocycles. The molecule has 1 aliphatic carbocycles. The topological polar surface area (TPSA) is 73.2 Å². The van der Waals surface area contributed by atoms with E-state index in [0.717, 1.165) is 45.9 Å². The Kier molecular flexibility index (Phi) is 5.32. The molecular weight excluding hydrogens is 421 g/mol. The molecule has 2 aromatic carbocycles. The zero-order valence-electron chi connectivity index (χ0n) is 18.5. The van der Waals surface area contributed by atoms with Crippen molar-refractivity contribution in [3.63, 3.8) is 0 Å². The zero-order valence-corrected chi connectivity index (χ0v) is 18.5. The van der Waals surface area contributed by atoms with Crippen LogP contribution >= 0.6 is 0 Å². The molecule has 1 aliphatic rings. The van der Waals surface area contributed by atoms with E-state index >= 15 is 0 Å². The molecule has 2 aromatic heterocycles. The van der Waals surface area contributed by atoms with E-state index in [1.165, 1.54) is 19.2 Å². The third-order valence-electron chi connectivity index (χ3n) is 6.56. The van der Waals surface area contributed by atoms with E-state index in [1.54, 1.807) is 12.1 Å². The number of rotatable bonds is 5. The van der Waals surface area contributed by atoms with Gasteiger partial charge in [-0.05, 0) is 61.6 Å². The number of hydrogen-bond donors (Lipinski definition) is 1. The Morgan fingerprint density at radius 3 is 2.73 bits per heavy atom.